The standard InChI is InChI=1S/C11H19.3C2H6.Y/c1-4-11-8-9(2)6-5-7-10(11)3;3*1-2;/h10-11H,4-5,7-8H2,1-3H3;3*1-2H3;/q-1;;;;. The molecule has 0 bridgehead atoms. The summed E-state index contributed by atoms with van der Waals surface area (Å²) in [6, 6.07) is 0. The molecule has 2 unspecified atom stereocenters. The molecule has 0 N–H and O–H groups in total. The molecule has 0 aromatic carbocycles. The molecule has 109 valence electrons. The Bertz CT molecular complexity index is 150. The van der Waals surface area contributed by atoms with Crippen molar-refractivity contribution in [3.05, 3.63) is 11.6 Å². The second-order valence-corrected chi connectivity index (χ2v) is 3.85. The minimum Gasteiger partial charge on any atom is -0.497 e. The van der Waals surface area contributed by atoms with Crippen LogP contribution in [0.15, 0.2) is 5.57 Å². The maximum absolute atomic E-state index is 3.46. The molecule has 0 saturated heterocycles. The largest absolute Gasteiger partial charge is 0.497 e. The van der Waals surface area contributed by atoms with Crippen molar-refractivity contribution in [3.8, 4) is 0 Å². The van der Waals surface area contributed by atoms with Crippen LogP contribution in [0.2, 0.25) is 0 Å². The first-order valence-electron chi connectivity index (χ1n) is 7.80. The predicted octanol–water partition coefficient (Wildman–Crippen LogP) is 6.66. The van der Waals surface area contributed by atoms with Crippen LogP contribution in [0.5, 0.6) is 0 Å². The van der Waals surface area contributed by atoms with Crippen molar-refractivity contribution in [3.63, 3.8) is 0 Å². The zero-order valence-electron chi connectivity index (χ0n) is 14.6. The normalized spacial score (nSPS) is 21.1. The first-order chi connectivity index (χ1) is 8.24. The Hall–Kier alpha value is 0.844. The van der Waals surface area contributed by atoms with E-state index in [9.17, 15) is 0 Å². The van der Waals surface area contributed by atoms with E-state index in [0.717, 1.165) is 11.8 Å². The molecule has 0 aromatic rings. The fourth-order valence-corrected chi connectivity index (χ4v) is 1.96. The van der Waals surface area contributed by atoms with Crippen molar-refractivity contribution in [1.29, 1.82) is 0 Å². The summed E-state index contributed by atoms with van der Waals surface area (Å²) in [7, 11) is 0. The maximum Gasteiger partial charge on any atom is 0 e. The van der Waals surface area contributed by atoms with Gasteiger partial charge in [0.15, 0.2) is 0 Å². The van der Waals surface area contributed by atoms with Gasteiger partial charge in [0.05, 0.1) is 0 Å². The average molecular weight is 330 g/mol. The summed E-state index contributed by atoms with van der Waals surface area (Å²) in [6.45, 7) is 18.9. The molecule has 0 aliphatic heterocycles. The Morgan fingerprint density at radius 1 is 1.06 bits per heavy atom. The number of allylic oxidation sites excluding steroid dienone is 2. The van der Waals surface area contributed by atoms with Crippen molar-refractivity contribution in [2.45, 2.75) is 88.0 Å². The van der Waals surface area contributed by atoms with Gasteiger partial charge in [0, 0.05) is 32.7 Å². The summed E-state index contributed by atoms with van der Waals surface area (Å²) in [5.74, 6) is 1.83. The van der Waals surface area contributed by atoms with Gasteiger partial charge in [-0.25, -0.2) is 0 Å². The summed E-state index contributed by atoms with van der Waals surface area (Å²) in [5, 5.41) is 0. The van der Waals surface area contributed by atoms with E-state index in [1.165, 1.54) is 31.3 Å². The second kappa shape index (κ2) is 23.0. The van der Waals surface area contributed by atoms with E-state index >= 15 is 0 Å². The fraction of sp³-hybridized carbons (Fsp3) is 0.882. The second-order valence-electron chi connectivity index (χ2n) is 3.85. The number of rotatable bonds is 1. The molecule has 0 fully saturated rings. The quantitative estimate of drug-likeness (QED) is 0.472. The smallest absolute Gasteiger partial charge is 0 e. The van der Waals surface area contributed by atoms with E-state index in [2.05, 4.69) is 26.8 Å². The molecule has 0 heterocycles. The first kappa shape index (κ1) is 27.2. The van der Waals surface area contributed by atoms with Crippen LogP contribution >= 0.6 is 0 Å². The molecule has 1 aliphatic carbocycles. The van der Waals surface area contributed by atoms with E-state index in [4.69, 9.17) is 0 Å². The Balaban J connectivity index is -0.000000123. The summed E-state index contributed by atoms with van der Waals surface area (Å²) in [6.07, 6.45) is 8.61. The molecule has 2 atom stereocenters. The van der Waals surface area contributed by atoms with Crippen LogP contribution in [0.25, 0.3) is 0 Å². The average Bonchev–Trinajstić information content (AvgIpc) is 2.58. The van der Waals surface area contributed by atoms with Crippen molar-refractivity contribution < 1.29 is 32.7 Å². The number of hydrogen-bond donors (Lipinski definition) is 0. The zero-order valence-corrected chi connectivity index (χ0v) is 17.4. The third-order valence-corrected chi connectivity index (χ3v) is 2.92. The van der Waals surface area contributed by atoms with Gasteiger partial charge >= 0.3 is 0 Å². The molecule has 1 rings (SSSR count). The molecule has 0 amide bonds. The predicted molar refractivity (Wildman–Crippen MR) is 83.3 cm³/mol. The van der Waals surface area contributed by atoms with Gasteiger partial charge in [0.25, 0.3) is 0 Å². The van der Waals surface area contributed by atoms with E-state index in [-0.39, 0.29) is 32.7 Å². The minimum absolute atomic E-state index is 0. The van der Waals surface area contributed by atoms with Gasteiger partial charge in [-0.1, -0.05) is 81.6 Å². The number of hydrogen-bond acceptors (Lipinski definition) is 0. The zero-order chi connectivity index (χ0) is 14.3. The van der Waals surface area contributed by atoms with Crippen LogP contribution in [0.1, 0.15) is 88.0 Å². The summed E-state index contributed by atoms with van der Waals surface area (Å²) < 4.78 is 0. The van der Waals surface area contributed by atoms with Gasteiger partial charge in [0.2, 0.25) is 0 Å². The van der Waals surface area contributed by atoms with Crippen LogP contribution in [-0.4, -0.2) is 0 Å². The summed E-state index contributed by atoms with van der Waals surface area (Å²) >= 11 is 0. The molecule has 0 spiro atoms. The van der Waals surface area contributed by atoms with Crippen molar-refractivity contribution in [2.24, 2.45) is 11.8 Å². The molecule has 1 heteroatoms. The van der Waals surface area contributed by atoms with Gasteiger partial charge < -0.3 is 6.08 Å². The Morgan fingerprint density at radius 2 is 1.50 bits per heavy atom. The Kier molecular flexibility index (Phi) is 34.8. The minimum atomic E-state index is 0. The molecular weight excluding hydrogens is 293 g/mol. The maximum atomic E-state index is 3.46. The van der Waals surface area contributed by atoms with Gasteiger partial charge in [-0.05, 0) is 11.8 Å². The van der Waals surface area contributed by atoms with Crippen molar-refractivity contribution in [1.82, 2.24) is 0 Å². The van der Waals surface area contributed by atoms with Gasteiger partial charge in [-0.2, -0.15) is 6.42 Å². The van der Waals surface area contributed by atoms with Gasteiger partial charge in [-0.3, -0.25) is 5.57 Å². The molecule has 1 radical (unpaired) electrons. The first-order valence-corrected chi connectivity index (χ1v) is 7.80. The van der Waals surface area contributed by atoms with E-state index < -0.39 is 0 Å². The monoisotopic (exact) mass is 330 g/mol. The molecule has 0 nitrogen and oxygen atoms in total. The molecular formula is C17H37Y-. The topological polar surface area (TPSA) is 0 Å². The Morgan fingerprint density at radius 3 is 1.89 bits per heavy atom. The summed E-state index contributed by atoms with van der Waals surface area (Å²) in [5.41, 5.74) is 1.49. The summed E-state index contributed by atoms with van der Waals surface area (Å²) in [4.78, 5) is 0. The Labute approximate surface area is 143 Å². The van der Waals surface area contributed by atoms with Crippen molar-refractivity contribution in [2.75, 3.05) is 0 Å². The van der Waals surface area contributed by atoms with E-state index in [1.54, 1.807) is 0 Å². The third kappa shape index (κ3) is 14.9. The van der Waals surface area contributed by atoms with Gasteiger partial charge in [-0.15, -0.1) is 0 Å². The van der Waals surface area contributed by atoms with Crippen LogP contribution in [0.3, 0.4) is 0 Å². The van der Waals surface area contributed by atoms with Crippen LogP contribution < -0.4 is 0 Å². The molecule has 0 aromatic heterocycles. The van der Waals surface area contributed by atoms with Crippen LogP contribution in [0, 0.1) is 17.9 Å². The molecule has 1 aliphatic rings. The van der Waals surface area contributed by atoms with Crippen LogP contribution in [0.4, 0.5) is 0 Å². The third-order valence-electron chi connectivity index (χ3n) is 2.92. The fourth-order valence-electron chi connectivity index (χ4n) is 1.96. The van der Waals surface area contributed by atoms with E-state index in [0.29, 0.717) is 0 Å². The van der Waals surface area contributed by atoms with E-state index in [1.807, 2.05) is 41.5 Å². The molecule has 0 saturated carbocycles. The molecule has 18 heavy (non-hydrogen) atoms. The van der Waals surface area contributed by atoms with Crippen LogP contribution in [-0.2, 0) is 32.7 Å². The SMILES string of the molecule is CC.CC.CC.CCC1CC(C)=[C-]CCC1C.[Y]. The van der Waals surface area contributed by atoms with Gasteiger partial charge in [0.1, 0.15) is 0 Å². The van der Waals surface area contributed by atoms with Crippen molar-refractivity contribution >= 4 is 0 Å².